The quantitative estimate of drug-likeness (QED) is 0.571. The number of imidazole rings is 1. The van der Waals surface area contributed by atoms with Crippen LogP contribution in [0.5, 0.6) is 5.75 Å². The molecule has 7 heteroatoms. The lowest BCUT2D eigenvalue weighted by molar-refractivity contribution is -0.130. The number of amides is 1. The van der Waals surface area contributed by atoms with E-state index in [9.17, 15) is 9.90 Å². The van der Waals surface area contributed by atoms with Crippen LogP contribution in [0.3, 0.4) is 0 Å². The van der Waals surface area contributed by atoms with Gasteiger partial charge in [-0.2, -0.15) is 0 Å². The van der Waals surface area contributed by atoms with E-state index in [1.54, 1.807) is 22.7 Å². The van der Waals surface area contributed by atoms with Crippen LogP contribution < -0.4 is 0 Å². The third-order valence-corrected chi connectivity index (χ3v) is 5.00. The molecule has 0 radical (unpaired) electrons. The summed E-state index contributed by atoms with van der Waals surface area (Å²) >= 11 is 12.2. The predicted octanol–water partition coefficient (Wildman–Crippen LogP) is 5.20. The lowest BCUT2D eigenvalue weighted by atomic mass is 10.1. The molecule has 0 fully saturated rings. The SMILES string of the molecule is CCCN(CCC)C(=O)Cc1c(-c2ccc(Cl)cc2)nc2c(O)cc(Cl)cn12. The van der Waals surface area contributed by atoms with Crippen molar-refractivity contribution < 1.29 is 9.90 Å². The maximum absolute atomic E-state index is 13.0. The van der Waals surface area contributed by atoms with E-state index in [1.807, 2.05) is 17.0 Å². The van der Waals surface area contributed by atoms with Crippen molar-refractivity contribution in [2.24, 2.45) is 0 Å². The zero-order chi connectivity index (χ0) is 20.3. The first-order valence-electron chi connectivity index (χ1n) is 9.37. The van der Waals surface area contributed by atoms with E-state index in [4.69, 9.17) is 23.2 Å². The summed E-state index contributed by atoms with van der Waals surface area (Å²) in [5.74, 6) is 0.000522. The molecule has 0 aliphatic heterocycles. The van der Waals surface area contributed by atoms with Crippen LogP contribution in [0.1, 0.15) is 32.4 Å². The highest BCUT2D eigenvalue weighted by molar-refractivity contribution is 6.31. The molecule has 0 saturated heterocycles. The zero-order valence-corrected chi connectivity index (χ0v) is 17.5. The number of fused-ring (bicyclic) bond motifs is 1. The van der Waals surface area contributed by atoms with Crippen LogP contribution >= 0.6 is 23.2 Å². The third-order valence-electron chi connectivity index (χ3n) is 4.54. The van der Waals surface area contributed by atoms with E-state index in [0.29, 0.717) is 40.2 Å². The topological polar surface area (TPSA) is 57.8 Å². The Morgan fingerprint density at radius 3 is 2.36 bits per heavy atom. The monoisotopic (exact) mass is 419 g/mol. The van der Waals surface area contributed by atoms with Crippen LogP contribution in [0, 0.1) is 0 Å². The van der Waals surface area contributed by atoms with Crippen molar-refractivity contribution in [1.29, 1.82) is 0 Å². The van der Waals surface area contributed by atoms with Crippen LogP contribution in [0.25, 0.3) is 16.9 Å². The average molecular weight is 420 g/mol. The maximum Gasteiger partial charge on any atom is 0.228 e. The molecule has 1 N–H and O–H groups in total. The number of nitrogens with zero attached hydrogens (tertiary/aromatic N) is 3. The molecule has 0 aliphatic rings. The summed E-state index contributed by atoms with van der Waals surface area (Å²) in [4.78, 5) is 19.5. The van der Waals surface area contributed by atoms with Crippen molar-refractivity contribution >= 4 is 34.8 Å². The number of hydrogen-bond donors (Lipinski definition) is 1. The normalized spacial score (nSPS) is 11.1. The van der Waals surface area contributed by atoms with Gasteiger partial charge >= 0.3 is 0 Å². The molecule has 0 aliphatic carbocycles. The second-order valence-corrected chi connectivity index (χ2v) is 7.58. The van der Waals surface area contributed by atoms with Crippen molar-refractivity contribution in [2.45, 2.75) is 33.1 Å². The molecule has 1 aromatic carbocycles. The van der Waals surface area contributed by atoms with E-state index in [1.165, 1.54) is 6.07 Å². The highest BCUT2D eigenvalue weighted by Gasteiger charge is 2.22. The highest BCUT2D eigenvalue weighted by Crippen LogP contribution is 2.31. The van der Waals surface area contributed by atoms with Gasteiger partial charge in [0.2, 0.25) is 5.91 Å². The van der Waals surface area contributed by atoms with Crippen molar-refractivity contribution in [3.05, 3.63) is 52.3 Å². The van der Waals surface area contributed by atoms with Crippen molar-refractivity contribution in [3.8, 4) is 17.0 Å². The molecule has 2 aromatic heterocycles. The van der Waals surface area contributed by atoms with Crippen LogP contribution in [0.15, 0.2) is 36.5 Å². The molecule has 0 spiro atoms. The van der Waals surface area contributed by atoms with Gasteiger partial charge in [-0.3, -0.25) is 9.20 Å². The molecule has 2 heterocycles. The van der Waals surface area contributed by atoms with Gasteiger partial charge in [-0.05, 0) is 25.0 Å². The van der Waals surface area contributed by atoms with Crippen LogP contribution in [0.4, 0.5) is 0 Å². The molecule has 0 saturated carbocycles. The fourth-order valence-corrected chi connectivity index (χ4v) is 3.63. The van der Waals surface area contributed by atoms with Gasteiger partial charge in [0, 0.05) is 35.9 Å². The number of aromatic hydroxyl groups is 1. The second kappa shape index (κ2) is 8.84. The summed E-state index contributed by atoms with van der Waals surface area (Å²) in [6, 6.07) is 8.71. The number of benzene rings is 1. The molecule has 28 heavy (non-hydrogen) atoms. The molecule has 0 unspecified atom stereocenters. The Kier molecular flexibility index (Phi) is 6.47. The molecule has 1 amide bonds. The minimum absolute atomic E-state index is 0.0274. The third kappa shape index (κ3) is 4.26. The molecular weight excluding hydrogens is 397 g/mol. The van der Waals surface area contributed by atoms with Gasteiger partial charge < -0.3 is 10.0 Å². The van der Waals surface area contributed by atoms with Gasteiger partial charge in [0.1, 0.15) is 0 Å². The molecule has 5 nitrogen and oxygen atoms in total. The Morgan fingerprint density at radius 2 is 1.75 bits per heavy atom. The van der Waals surface area contributed by atoms with Crippen LogP contribution in [0.2, 0.25) is 10.0 Å². The summed E-state index contributed by atoms with van der Waals surface area (Å²) < 4.78 is 1.70. The summed E-state index contributed by atoms with van der Waals surface area (Å²) in [5, 5.41) is 11.3. The minimum Gasteiger partial charge on any atom is -0.504 e. The van der Waals surface area contributed by atoms with E-state index in [0.717, 1.165) is 18.4 Å². The van der Waals surface area contributed by atoms with Gasteiger partial charge in [-0.25, -0.2) is 4.98 Å². The van der Waals surface area contributed by atoms with Crippen LogP contribution in [-0.4, -0.2) is 38.4 Å². The molecule has 0 atom stereocenters. The Bertz CT molecular complexity index is 977. The number of pyridine rings is 1. The largest absolute Gasteiger partial charge is 0.504 e. The van der Waals surface area contributed by atoms with Gasteiger partial charge in [-0.1, -0.05) is 49.2 Å². The summed E-state index contributed by atoms with van der Waals surface area (Å²) in [7, 11) is 0. The summed E-state index contributed by atoms with van der Waals surface area (Å²) in [6.07, 6.45) is 3.64. The predicted molar refractivity (Wildman–Crippen MR) is 113 cm³/mol. The highest BCUT2D eigenvalue weighted by atomic mass is 35.5. The first-order chi connectivity index (χ1) is 13.4. The van der Waals surface area contributed by atoms with E-state index in [-0.39, 0.29) is 18.1 Å². The van der Waals surface area contributed by atoms with E-state index < -0.39 is 0 Å². The Labute approximate surface area is 174 Å². The number of hydrogen-bond acceptors (Lipinski definition) is 3. The second-order valence-electron chi connectivity index (χ2n) is 6.71. The number of carbonyl (C=O) groups is 1. The standard InChI is InChI=1S/C21H23Cl2N3O2/c1-3-9-25(10-4-2)19(28)12-17-20(14-5-7-15(22)8-6-14)24-21-18(27)11-16(23)13-26(17)21/h5-8,11,13,27H,3-4,9-10,12H2,1-2H3. The van der Waals surface area contributed by atoms with Crippen molar-refractivity contribution in [1.82, 2.24) is 14.3 Å². The first-order valence-corrected chi connectivity index (χ1v) is 10.1. The van der Waals surface area contributed by atoms with Crippen LogP contribution in [-0.2, 0) is 11.2 Å². The van der Waals surface area contributed by atoms with Gasteiger partial charge in [-0.15, -0.1) is 0 Å². The summed E-state index contributed by atoms with van der Waals surface area (Å²) in [6.45, 7) is 5.54. The lowest BCUT2D eigenvalue weighted by Gasteiger charge is -2.21. The summed E-state index contributed by atoms with van der Waals surface area (Å²) in [5.41, 5.74) is 2.52. The maximum atomic E-state index is 13.0. The van der Waals surface area contributed by atoms with Gasteiger partial charge in [0.05, 0.1) is 22.8 Å². The lowest BCUT2D eigenvalue weighted by Crippen LogP contribution is -2.34. The molecule has 3 rings (SSSR count). The number of carbonyl (C=O) groups excluding carboxylic acids is 1. The van der Waals surface area contributed by atoms with Gasteiger partial charge in [0.15, 0.2) is 11.4 Å². The minimum atomic E-state index is -0.0274. The zero-order valence-electron chi connectivity index (χ0n) is 16.0. The number of halogens is 2. The van der Waals surface area contributed by atoms with Crippen molar-refractivity contribution in [3.63, 3.8) is 0 Å². The fraction of sp³-hybridized carbons (Fsp3) is 0.333. The van der Waals surface area contributed by atoms with E-state index >= 15 is 0 Å². The number of aromatic nitrogens is 2. The Morgan fingerprint density at radius 1 is 1.11 bits per heavy atom. The Hall–Kier alpha value is -2.24. The Balaban J connectivity index is 2.11. The number of rotatable bonds is 7. The first kappa shape index (κ1) is 20.5. The average Bonchev–Trinajstić information content (AvgIpc) is 3.01. The molecule has 3 aromatic rings. The van der Waals surface area contributed by atoms with Gasteiger partial charge in [0.25, 0.3) is 0 Å². The smallest absolute Gasteiger partial charge is 0.228 e. The molecule has 0 bridgehead atoms. The fourth-order valence-electron chi connectivity index (χ4n) is 3.31. The molecular formula is C21H23Cl2N3O2. The van der Waals surface area contributed by atoms with E-state index in [2.05, 4.69) is 18.8 Å². The van der Waals surface area contributed by atoms with Crippen molar-refractivity contribution in [2.75, 3.05) is 13.1 Å². The molecule has 148 valence electrons.